The molecular formula is C14H20N2O6. The predicted octanol–water partition coefficient (Wildman–Crippen LogP) is 0.865. The number of rotatable bonds is 6. The monoisotopic (exact) mass is 312 g/mol. The number of ether oxygens (including phenoxy) is 3. The highest BCUT2D eigenvalue weighted by Crippen LogP contribution is 2.28. The number of hydrogen-bond donors (Lipinski definition) is 3. The minimum Gasteiger partial charge on any atom is -0.504 e. The third kappa shape index (κ3) is 4.34. The number of esters is 1. The molecule has 122 valence electrons. The molecule has 1 atom stereocenters. The summed E-state index contributed by atoms with van der Waals surface area (Å²) < 4.78 is 14.1. The zero-order valence-electron chi connectivity index (χ0n) is 12.7. The summed E-state index contributed by atoms with van der Waals surface area (Å²) in [5.74, 6) is 4.56. The number of hydrogen-bond acceptors (Lipinski definition) is 8. The molecule has 0 bridgehead atoms. The molecule has 1 aromatic carbocycles. The van der Waals surface area contributed by atoms with Crippen LogP contribution in [0.2, 0.25) is 0 Å². The van der Waals surface area contributed by atoms with Gasteiger partial charge in [-0.15, -0.1) is 0 Å². The summed E-state index contributed by atoms with van der Waals surface area (Å²) in [6.45, 7) is 3.37. The number of carbonyl (C=O) groups excluding carboxylic acids is 2. The van der Waals surface area contributed by atoms with Crippen molar-refractivity contribution in [3.05, 3.63) is 23.8 Å². The van der Waals surface area contributed by atoms with Crippen molar-refractivity contribution in [2.75, 3.05) is 13.7 Å². The lowest BCUT2D eigenvalue weighted by atomic mass is 9.93. The van der Waals surface area contributed by atoms with E-state index < -0.39 is 17.7 Å². The second-order valence-electron chi connectivity index (χ2n) is 4.73. The topological polar surface area (TPSA) is 120 Å². The van der Waals surface area contributed by atoms with Gasteiger partial charge in [0, 0.05) is 6.42 Å². The van der Waals surface area contributed by atoms with E-state index in [1.807, 2.05) is 0 Å². The van der Waals surface area contributed by atoms with Gasteiger partial charge in [0.2, 0.25) is 0 Å². The molecule has 8 heteroatoms. The van der Waals surface area contributed by atoms with Gasteiger partial charge in [-0.25, -0.2) is 10.2 Å². The van der Waals surface area contributed by atoms with Gasteiger partial charge in [-0.2, -0.15) is 0 Å². The first-order valence-corrected chi connectivity index (χ1v) is 6.59. The molecule has 0 aromatic heterocycles. The van der Waals surface area contributed by atoms with Gasteiger partial charge in [-0.1, -0.05) is 6.07 Å². The Labute approximate surface area is 128 Å². The molecular weight excluding hydrogens is 292 g/mol. The highest BCUT2D eigenvalue weighted by molar-refractivity contribution is 5.80. The number of methoxy groups -OCH3 is 1. The van der Waals surface area contributed by atoms with Crippen LogP contribution in [-0.4, -0.2) is 36.5 Å². The van der Waals surface area contributed by atoms with Crippen molar-refractivity contribution in [1.82, 2.24) is 5.43 Å². The van der Waals surface area contributed by atoms with Crippen LogP contribution in [0.4, 0.5) is 4.79 Å². The number of phenolic OH excluding ortho intramolecular Hbond substituents is 1. The van der Waals surface area contributed by atoms with E-state index in [1.165, 1.54) is 19.2 Å². The summed E-state index contributed by atoms with van der Waals surface area (Å²) in [6.07, 6.45) is -0.739. The van der Waals surface area contributed by atoms with Crippen LogP contribution in [0.15, 0.2) is 18.2 Å². The van der Waals surface area contributed by atoms with Gasteiger partial charge in [0.1, 0.15) is 5.54 Å². The fourth-order valence-corrected chi connectivity index (χ4v) is 1.81. The van der Waals surface area contributed by atoms with E-state index in [1.54, 1.807) is 19.9 Å². The van der Waals surface area contributed by atoms with Crippen LogP contribution in [0.5, 0.6) is 11.5 Å². The number of phenols is 1. The Morgan fingerprint density at radius 3 is 2.59 bits per heavy atom. The van der Waals surface area contributed by atoms with Crippen LogP contribution >= 0.6 is 0 Å². The van der Waals surface area contributed by atoms with E-state index in [4.69, 9.17) is 10.6 Å². The highest BCUT2D eigenvalue weighted by Gasteiger charge is 2.33. The first-order chi connectivity index (χ1) is 10.4. The van der Waals surface area contributed by atoms with Gasteiger partial charge >= 0.3 is 12.1 Å². The number of hydrazine groups is 1. The second kappa shape index (κ2) is 7.62. The Hall–Kier alpha value is -2.32. The molecule has 0 aliphatic heterocycles. The Morgan fingerprint density at radius 2 is 2.09 bits per heavy atom. The first kappa shape index (κ1) is 17.7. The van der Waals surface area contributed by atoms with Crippen molar-refractivity contribution < 1.29 is 28.9 Å². The van der Waals surface area contributed by atoms with Crippen molar-refractivity contribution >= 4 is 12.1 Å². The third-order valence-corrected chi connectivity index (χ3v) is 2.99. The number of aromatic hydroxyl groups is 1. The molecule has 4 N–H and O–H groups in total. The van der Waals surface area contributed by atoms with Crippen molar-refractivity contribution in [3.63, 3.8) is 0 Å². The summed E-state index contributed by atoms with van der Waals surface area (Å²) in [5.41, 5.74) is 1.85. The average molecular weight is 312 g/mol. The Kier molecular flexibility index (Phi) is 6.14. The number of carbonyl (C=O) groups is 2. The summed E-state index contributed by atoms with van der Waals surface area (Å²) in [4.78, 5) is 22.9. The van der Waals surface area contributed by atoms with Gasteiger partial charge < -0.3 is 19.3 Å². The normalized spacial score (nSPS) is 13.1. The van der Waals surface area contributed by atoms with Gasteiger partial charge in [-0.3, -0.25) is 10.6 Å². The average Bonchev–Trinajstić information content (AvgIpc) is 2.49. The lowest BCUT2D eigenvalue weighted by Gasteiger charge is -2.25. The summed E-state index contributed by atoms with van der Waals surface area (Å²) in [6, 6.07) is 4.36. The Balaban J connectivity index is 2.89. The summed E-state index contributed by atoms with van der Waals surface area (Å²) in [7, 11) is 1.26. The maximum Gasteiger partial charge on any atom is 0.513 e. The molecule has 22 heavy (non-hydrogen) atoms. The van der Waals surface area contributed by atoms with Crippen molar-refractivity contribution in [2.24, 2.45) is 5.84 Å². The molecule has 1 aromatic rings. The molecule has 1 unspecified atom stereocenters. The molecule has 0 fully saturated rings. The number of nitrogens with one attached hydrogen (secondary N) is 1. The van der Waals surface area contributed by atoms with Gasteiger partial charge in [0.15, 0.2) is 11.5 Å². The van der Waals surface area contributed by atoms with Crippen molar-refractivity contribution in [1.29, 1.82) is 0 Å². The lowest BCUT2D eigenvalue weighted by molar-refractivity contribution is -0.147. The summed E-state index contributed by atoms with van der Waals surface area (Å²) >= 11 is 0. The standard InChI is InChI=1S/C14H20N2O6/c1-4-21-13(19)22-11-6-5-9(7-10(11)17)8-14(2,16-15)12(18)20-3/h5-7,16-17H,4,8,15H2,1-3H3. The van der Waals surface area contributed by atoms with E-state index in [-0.39, 0.29) is 24.5 Å². The predicted molar refractivity (Wildman–Crippen MR) is 77.2 cm³/mol. The largest absolute Gasteiger partial charge is 0.513 e. The van der Waals surface area contributed by atoms with Gasteiger partial charge in [0.05, 0.1) is 13.7 Å². The van der Waals surface area contributed by atoms with Crippen LogP contribution in [0.3, 0.4) is 0 Å². The summed E-state index contributed by atoms with van der Waals surface area (Å²) in [5, 5.41) is 9.87. The van der Waals surface area contributed by atoms with Gasteiger partial charge in [0.25, 0.3) is 0 Å². The minimum atomic E-state index is -1.15. The maximum atomic E-state index is 11.7. The van der Waals surface area contributed by atoms with Crippen molar-refractivity contribution in [3.8, 4) is 11.5 Å². The second-order valence-corrected chi connectivity index (χ2v) is 4.73. The molecule has 0 saturated heterocycles. The van der Waals surface area contributed by atoms with Crippen LogP contribution in [0.1, 0.15) is 19.4 Å². The quantitative estimate of drug-likeness (QED) is 0.306. The molecule has 1 rings (SSSR count). The van der Waals surface area contributed by atoms with Crippen LogP contribution in [-0.2, 0) is 20.7 Å². The molecule has 0 aliphatic rings. The molecule has 0 radical (unpaired) electrons. The van der Waals surface area contributed by atoms with Crippen LogP contribution < -0.4 is 16.0 Å². The minimum absolute atomic E-state index is 0.0392. The molecule has 0 saturated carbocycles. The van der Waals surface area contributed by atoms with E-state index in [0.717, 1.165) is 0 Å². The Morgan fingerprint density at radius 1 is 1.41 bits per heavy atom. The number of nitrogens with two attached hydrogens (primary N) is 1. The van der Waals surface area contributed by atoms with Crippen molar-refractivity contribution in [2.45, 2.75) is 25.8 Å². The molecule has 0 heterocycles. The smallest absolute Gasteiger partial charge is 0.504 e. The van der Waals surface area contributed by atoms with Crippen LogP contribution in [0.25, 0.3) is 0 Å². The molecule has 0 spiro atoms. The SMILES string of the molecule is CCOC(=O)Oc1ccc(CC(C)(NN)C(=O)OC)cc1O. The van der Waals surface area contributed by atoms with E-state index in [2.05, 4.69) is 14.9 Å². The zero-order valence-corrected chi connectivity index (χ0v) is 12.7. The fourth-order valence-electron chi connectivity index (χ4n) is 1.81. The Bertz CT molecular complexity index is 548. The molecule has 0 aliphatic carbocycles. The maximum absolute atomic E-state index is 11.7. The van der Waals surface area contributed by atoms with E-state index in [0.29, 0.717) is 5.56 Å². The molecule has 8 nitrogen and oxygen atoms in total. The van der Waals surface area contributed by atoms with Crippen LogP contribution in [0, 0.1) is 0 Å². The third-order valence-electron chi connectivity index (χ3n) is 2.99. The van der Waals surface area contributed by atoms with E-state index >= 15 is 0 Å². The number of benzene rings is 1. The van der Waals surface area contributed by atoms with E-state index in [9.17, 15) is 14.7 Å². The first-order valence-electron chi connectivity index (χ1n) is 6.59. The fraction of sp³-hybridized carbons (Fsp3) is 0.429. The highest BCUT2D eigenvalue weighted by atomic mass is 16.7. The zero-order chi connectivity index (χ0) is 16.8. The lowest BCUT2D eigenvalue weighted by Crippen LogP contribution is -2.55. The van der Waals surface area contributed by atoms with Gasteiger partial charge in [-0.05, 0) is 31.5 Å². The molecule has 0 amide bonds.